The highest BCUT2D eigenvalue weighted by molar-refractivity contribution is 6.06. The highest BCUT2D eigenvalue weighted by Crippen LogP contribution is 2.43. The van der Waals surface area contributed by atoms with Crippen molar-refractivity contribution in [3.8, 4) is 22.9 Å². The summed E-state index contributed by atoms with van der Waals surface area (Å²) in [4.78, 5) is 55.6. The molecule has 5 fully saturated rings. The highest BCUT2D eigenvalue weighted by atomic mass is 19.1. The number of anilines is 2. The Morgan fingerprint density at radius 1 is 0.902 bits per heavy atom. The average molecular weight is 840 g/mol. The Hall–Kier alpha value is -5.35. The molecule has 2 aromatic heterocycles. The van der Waals surface area contributed by atoms with E-state index in [1.54, 1.807) is 24.4 Å². The minimum Gasteiger partial charge on any atom is -0.494 e. The number of aromatic nitrogens is 4. The molecule has 0 spiro atoms. The Labute approximate surface area is 357 Å². The van der Waals surface area contributed by atoms with Crippen LogP contribution in [0.4, 0.5) is 15.9 Å². The summed E-state index contributed by atoms with van der Waals surface area (Å²) in [6.45, 7) is 8.73. The number of carbonyl (C=O) groups is 3. The van der Waals surface area contributed by atoms with Crippen molar-refractivity contribution in [3.63, 3.8) is 0 Å². The number of rotatable bonds is 11. The predicted molar refractivity (Wildman–Crippen MR) is 229 cm³/mol. The molecule has 2 aromatic carbocycles. The molecule has 2 saturated carbocycles. The number of aromatic amines is 1. The molecule has 0 radical (unpaired) electrons. The van der Waals surface area contributed by atoms with Crippen molar-refractivity contribution in [2.45, 2.75) is 102 Å². The molecule has 6 aliphatic rings. The number of carbonyl (C=O) groups excluding carboxylic acids is 3. The standard InChI is InChI=1S/C45H54FN9O6.2H2/c1-45(13-14-45)61-38-21-31-34(22-33(38)46)50-51-41(31)35-23-39(48-26-47-35)54-15-11-29(12-16-54)60-28-5-3-27(4-6-28)24-52-17-19-53(20-18-52)36-8-7-30-32(42(36)59-2)25-55(44(30)58)37-9-10-40(56)49-43(37)57;;/h7-8,21-23,26-29,37H,3-6,9-20,24-25H2,1-2H3,(H,50,51)(H,49,56,57);2*1H. The molecule has 3 saturated heterocycles. The van der Waals surface area contributed by atoms with Crippen LogP contribution in [0.2, 0.25) is 0 Å². The van der Waals surface area contributed by atoms with Crippen molar-refractivity contribution >= 4 is 40.1 Å². The maximum Gasteiger partial charge on any atom is 0.255 e. The maximum atomic E-state index is 14.8. The zero-order valence-corrected chi connectivity index (χ0v) is 35.0. The van der Waals surface area contributed by atoms with Gasteiger partial charge in [0.1, 0.15) is 35.2 Å². The SMILES string of the molecule is COc1c(N2CCN(CC3CCC(OC4CCN(c5cc(-c6n[nH]c7cc(F)c(OC8(C)CC8)cc67)ncn5)CC4)CC3)CC2)ccc2c1CN(C1CCC(=O)NC1=O)C2=O.[HH].[HH]. The molecule has 3 amide bonds. The lowest BCUT2D eigenvalue weighted by molar-refractivity contribution is -0.136. The van der Waals surface area contributed by atoms with E-state index in [0.717, 1.165) is 107 Å². The van der Waals surface area contributed by atoms with Crippen molar-refractivity contribution in [2.24, 2.45) is 5.92 Å². The quantitative estimate of drug-likeness (QED) is 0.178. The Kier molecular flexibility index (Phi) is 10.5. The van der Waals surface area contributed by atoms with Crippen molar-refractivity contribution < 1.29 is 35.8 Å². The first-order valence-corrected chi connectivity index (χ1v) is 22.0. The van der Waals surface area contributed by atoms with Crippen LogP contribution < -0.4 is 24.6 Å². The Balaban J connectivity index is 0.00000272. The number of halogens is 1. The van der Waals surface area contributed by atoms with E-state index in [1.165, 1.54) is 18.9 Å². The van der Waals surface area contributed by atoms with Gasteiger partial charge in [-0.1, -0.05) is 0 Å². The van der Waals surface area contributed by atoms with Gasteiger partial charge in [-0.3, -0.25) is 29.7 Å². The van der Waals surface area contributed by atoms with Gasteiger partial charge in [0, 0.05) is 83.7 Å². The van der Waals surface area contributed by atoms with E-state index in [-0.39, 0.29) is 38.5 Å². The van der Waals surface area contributed by atoms with E-state index in [4.69, 9.17) is 14.2 Å². The molecule has 16 heteroatoms. The second-order valence-corrected chi connectivity index (χ2v) is 18.0. The molecule has 1 unspecified atom stereocenters. The first-order valence-electron chi connectivity index (χ1n) is 22.0. The monoisotopic (exact) mass is 839 g/mol. The summed E-state index contributed by atoms with van der Waals surface area (Å²) in [7, 11) is 1.64. The second kappa shape index (κ2) is 16.2. The third-order valence-electron chi connectivity index (χ3n) is 13.8. The fraction of sp³-hybridized carbons (Fsp3) is 0.556. The van der Waals surface area contributed by atoms with Gasteiger partial charge >= 0.3 is 0 Å². The van der Waals surface area contributed by atoms with Crippen LogP contribution in [0.5, 0.6) is 11.5 Å². The van der Waals surface area contributed by atoms with Gasteiger partial charge in [-0.2, -0.15) is 5.10 Å². The molecule has 2 aliphatic carbocycles. The minimum atomic E-state index is -0.654. The van der Waals surface area contributed by atoms with Crippen LogP contribution in [0.15, 0.2) is 36.7 Å². The molecule has 2 N–H and O–H groups in total. The molecule has 61 heavy (non-hydrogen) atoms. The number of piperazine rings is 1. The van der Waals surface area contributed by atoms with E-state index in [2.05, 4.69) is 40.2 Å². The number of hydrogen-bond donors (Lipinski definition) is 2. The molecule has 15 nitrogen and oxygen atoms in total. The van der Waals surface area contributed by atoms with Crippen molar-refractivity contribution in [3.05, 3.63) is 53.6 Å². The number of nitrogens with one attached hydrogen (secondary N) is 2. The van der Waals surface area contributed by atoms with Gasteiger partial charge in [0.2, 0.25) is 11.8 Å². The van der Waals surface area contributed by atoms with Crippen LogP contribution in [-0.2, 0) is 20.9 Å². The number of piperidine rings is 2. The Morgan fingerprint density at radius 3 is 2.41 bits per heavy atom. The van der Waals surface area contributed by atoms with E-state index in [0.29, 0.717) is 53.2 Å². The lowest BCUT2D eigenvalue weighted by Gasteiger charge is -2.40. The number of nitrogens with zero attached hydrogens (tertiary/aromatic N) is 7. The summed E-state index contributed by atoms with van der Waals surface area (Å²) in [6, 6.07) is 8.33. The van der Waals surface area contributed by atoms with Gasteiger partial charge in [-0.05, 0) is 88.8 Å². The number of imide groups is 1. The first kappa shape index (κ1) is 39.8. The highest BCUT2D eigenvalue weighted by Gasteiger charge is 2.42. The summed E-state index contributed by atoms with van der Waals surface area (Å²) in [6.07, 6.45) is 10.9. The van der Waals surface area contributed by atoms with Crippen LogP contribution in [0, 0.1) is 11.7 Å². The third kappa shape index (κ3) is 8.00. The van der Waals surface area contributed by atoms with Crippen LogP contribution >= 0.6 is 0 Å². The largest absolute Gasteiger partial charge is 0.494 e. The number of methoxy groups -OCH3 is 1. The molecule has 10 rings (SSSR count). The van der Waals surface area contributed by atoms with E-state index < -0.39 is 17.8 Å². The van der Waals surface area contributed by atoms with Crippen molar-refractivity contribution in [1.82, 2.24) is 35.3 Å². The number of benzene rings is 2. The lowest BCUT2D eigenvalue weighted by Crippen LogP contribution is -2.52. The van der Waals surface area contributed by atoms with Crippen LogP contribution in [0.1, 0.15) is 89.9 Å². The van der Waals surface area contributed by atoms with Crippen molar-refractivity contribution in [2.75, 3.05) is 62.7 Å². The predicted octanol–water partition coefficient (Wildman–Crippen LogP) is 5.72. The van der Waals surface area contributed by atoms with Crippen LogP contribution in [0.3, 0.4) is 0 Å². The third-order valence-corrected chi connectivity index (χ3v) is 13.8. The summed E-state index contributed by atoms with van der Waals surface area (Å²) in [5.74, 6) is 1.16. The topological polar surface area (TPSA) is 158 Å². The van der Waals surface area contributed by atoms with Crippen LogP contribution in [0.25, 0.3) is 22.3 Å². The maximum absolute atomic E-state index is 14.8. The molecule has 6 heterocycles. The summed E-state index contributed by atoms with van der Waals surface area (Å²) < 4.78 is 33.4. The fourth-order valence-corrected chi connectivity index (χ4v) is 10.0. The van der Waals surface area contributed by atoms with E-state index in [9.17, 15) is 18.8 Å². The van der Waals surface area contributed by atoms with Gasteiger partial charge < -0.3 is 28.9 Å². The normalized spacial score (nSPS) is 24.6. The van der Waals surface area contributed by atoms with Gasteiger partial charge in [0.25, 0.3) is 5.91 Å². The van der Waals surface area contributed by atoms with E-state index in [1.807, 2.05) is 25.1 Å². The zero-order chi connectivity index (χ0) is 41.8. The van der Waals surface area contributed by atoms with E-state index >= 15 is 0 Å². The Morgan fingerprint density at radius 2 is 1.67 bits per heavy atom. The average Bonchev–Trinajstić information content (AvgIpc) is 3.71. The number of H-pyrrole nitrogens is 1. The molecular weight excluding hydrogens is 782 g/mol. The molecule has 4 aliphatic heterocycles. The van der Waals surface area contributed by atoms with Gasteiger partial charge in [0.15, 0.2) is 11.6 Å². The van der Waals surface area contributed by atoms with Crippen molar-refractivity contribution in [1.29, 1.82) is 0 Å². The molecule has 326 valence electrons. The molecule has 0 bridgehead atoms. The first-order chi connectivity index (χ1) is 29.6. The molecule has 1 atom stereocenters. The Bertz CT molecular complexity index is 2340. The number of ether oxygens (including phenoxy) is 3. The van der Waals surface area contributed by atoms with Gasteiger partial charge in [-0.15, -0.1) is 0 Å². The van der Waals surface area contributed by atoms with Gasteiger partial charge in [-0.25, -0.2) is 14.4 Å². The lowest BCUT2D eigenvalue weighted by atomic mass is 9.86. The fourth-order valence-electron chi connectivity index (χ4n) is 10.0. The van der Waals surface area contributed by atoms with Crippen LogP contribution in [-0.4, -0.2) is 124 Å². The minimum absolute atomic E-state index is 0. The second-order valence-electron chi connectivity index (χ2n) is 18.0. The molecular formula is C45H58FN9O6. The number of fused-ring (bicyclic) bond motifs is 2. The smallest absolute Gasteiger partial charge is 0.255 e. The zero-order valence-electron chi connectivity index (χ0n) is 35.0. The van der Waals surface area contributed by atoms with Gasteiger partial charge in [0.05, 0.1) is 42.8 Å². The summed E-state index contributed by atoms with van der Waals surface area (Å²) in [5, 5.41) is 10.6. The summed E-state index contributed by atoms with van der Waals surface area (Å²) >= 11 is 0. The number of hydrogen-bond acceptors (Lipinski definition) is 12. The number of amides is 3. The summed E-state index contributed by atoms with van der Waals surface area (Å²) in [5.41, 5.74) is 4.00. The molecule has 4 aromatic rings.